The molecular formula is C15H19Br2N3. The number of hydrogen-bond acceptors (Lipinski definition) is 2. The minimum Gasteiger partial charge on any atom is -0.330 e. The van der Waals surface area contributed by atoms with E-state index in [2.05, 4.69) is 72.8 Å². The largest absolute Gasteiger partial charge is 0.330 e. The third kappa shape index (κ3) is 3.32. The maximum absolute atomic E-state index is 5.98. The topological polar surface area (TPSA) is 43.8 Å². The predicted molar refractivity (Wildman–Crippen MR) is 90.0 cm³/mol. The molecule has 108 valence electrons. The van der Waals surface area contributed by atoms with E-state index in [1.165, 1.54) is 11.3 Å². The van der Waals surface area contributed by atoms with Crippen molar-refractivity contribution in [3.05, 3.63) is 50.2 Å². The van der Waals surface area contributed by atoms with E-state index in [9.17, 15) is 0 Å². The van der Waals surface area contributed by atoms with Gasteiger partial charge in [-0.15, -0.1) is 0 Å². The van der Waals surface area contributed by atoms with Crippen LogP contribution < -0.4 is 5.73 Å². The maximum Gasteiger partial charge on any atom is 0.0738 e. The monoisotopic (exact) mass is 399 g/mol. The molecule has 0 fully saturated rings. The number of hydrogen-bond donors (Lipinski definition) is 1. The molecule has 5 heteroatoms. The number of rotatable bonds is 5. The summed E-state index contributed by atoms with van der Waals surface area (Å²) in [4.78, 5) is 0. The van der Waals surface area contributed by atoms with Gasteiger partial charge in [0.25, 0.3) is 0 Å². The zero-order valence-electron chi connectivity index (χ0n) is 11.7. The smallest absolute Gasteiger partial charge is 0.0738 e. The molecule has 1 unspecified atom stereocenters. The maximum atomic E-state index is 5.98. The second-order valence-electron chi connectivity index (χ2n) is 4.85. The molecule has 0 aliphatic heterocycles. The first-order valence-corrected chi connectivity index (χ1v) is 8.32. The first-order chi connectivity index (χ1) is 9.56. The number of nitrogens with zero attached hydrogens (tertiary/aromatic N) is 2. The van der Waals surface area contributed by atoms with Crippen molar-refractivity contribution < 1.29 is 0 Å². The molecule has 0 aliphatic rings. The molecule has 2 aromatic rings. The summed E-state index contributed by atoms with van der Waals surface area (Å²) in [5.74, 6) is 0.306. The Hall–Kier alpha value is -0.650. The molecule has 2 rings (SSSR count). The quantitative estimate of drug-likeness (QED) is 0.823. The molecule has 2 N–H and O–H groups in total. The highest BCUT2D eigenvalue weighted by Crippen LogP contribution is 2.28. The Bertz CT molecular complexity index is 576. The number of aromatic nitrogens is 2. The molecule has 0 aliphatic carbocycles. The SMILES string of the molecule is CCn1nc(C)c(Br)c1CC(CN)c1ccc(Br)cc1. The van der Waals surface area contributed by atoms with E-state index in [0.29, 0.717) is 12.5 Å². The molecule has 1 atom stereocenters. The van der Waals surface area contributed by atoms with E-state index >= 15 is 0 Å². The van der Waals surface area contributed by atoms with Crippen molar-refractivity contribution in [2.75, 3.05) is 6.54 Å². The molecule has 0 saturated carbocycles. The minimum absolute atomic E-state index is 0.306. The molecule has 0 amide bonds. The van der Waals surface area contributed by atoms with Gasteiger partial charge in [0, 0.05) is 16.9 Å². The molecular weight excluding hydrogens is 382 g/mol. The van der Waals surface area contributed by atoms with E-state index in [-0.39, 0.29) is 0 Å². The lowest BCUT2D eigenvalue weighted by atomic mass is 9.94. The Labute approximate surface area is 136 Å². The van der Waals surface area contributed by atoms with Crippen LogP contribution in [0, 0.1) is 6.92 Å². The van der Waals surface area contributed by atoms with Gasteiger partial charge in [-0.05, 0) is 60.4 Å². The normalized spacial score (nSPS) is 12.7. The minimum atomic E-state index is 0.306. The fraction of sp³-hybridized carbons (Fsp3) is 0.400. The van der Waals surface area contributed by atoms with Gasteiger partial charge in [-0.3, -0.25) is 4.68 Å². The first-order valence-electron chi connectivity index (χ1n) is 6.74. The lowest BCUT2D eigenvalue weighted by molar-refractivity contribution is 0.582. The van der Waals surface area contributed by atoms with E-state index in [1.54, 1.807) is 0 Å². The Morgan fingerprint density at radius 1 is 1.25 bits per heavy atom. The summed E-state index contributed by atoms with van der Waals surface area (Å²) in [6, 6.07) is 8.40. The fourth-order valence-electron chi connectivity index (χ4n) is 2.37. The van der Waals surface area contributed by atoms with E-state index in [1.807, 2.05) is 6.92 Å². The molecule has 1 heterocycles. The molecule has 0 saturated heterocycles. The summed E-state index contributed by atoms with van der Waals surface area (Å²) >= 11 is 7.12. The van der Waals surface area contributed by atoms with Crippen molar-refractivity contribution in [3.8, 4) is 0 Å². The standard InChI is InChI=1S/C15H19Br2N3/c1-3-20-14(15(17)10(2)19-20)8-12(9-18)11-4-6-13(16)7-5-11/h4-7,12H,3,8-9,18H2,1-2H3. The first kappa shape index (κ1) is 15.7. The van der Waals surface area contributed by atoms with Crippen molar-refractivity contribution in [1.82, 2.24) is 9.78 Å². The Kier molecular flexibility index (Phi) is 5.41. The van der Waals surface area contributed by atoms with E-state index in [4.69, 9.17) is 5.73 Å². The van der Waals surface area contributed by atoms with Crippen molar-refractivity contribution in [2.24, 2.45) is 5.73 Å². The van der Waals surface area contributed by atoms with Crippen molar-refractivity contribution in [2.45, 2.75) is 32.7 Å². The Morgan fingerprint density at radius 2 is 1.90 bits per heavy atom. The summed E-state index contributed by atoms with van der Waals surface area (Å²) in [5.41, 5.74) is 9.51. The van der Waals surface area contributed by atoms with Gasteiger partial charge in [0.2, 0.25) is 0 Å². The predicted octanol–water partition coefficient (Wildman–Crippen LogP) is 4.02. The van der Waals surface area contributed by atoms with Gasteiger partial charge in [-0.1, -0.05) is 28.1 Å². The molecule has 0 radical (unpaired) electrons. The van der Waals surface area contributed by atoms with Gasteiger partial charge < -0.3 is 5.73 Å². The zero-order valence-corrected chi connectivity index (χ0v) is 14.9. The number of aryl methyl sites for hydroxylation is 2. The average Bonchev–Trinajstić information content (AvgIpc) is 2.73. The summed E-state index contributed by atoms with van der Waals surface area (Å²) in [6.07, 6.45) is 0.896. The Balaban J connectivity index is 2.28. The highest BCUT2D eigenvalue weighted by molar-refractivity contribution is 9.10. The average molecular weight is 401 g/mol. The fourth-order valence-corrected chi connectivity index (χ4v) is 3.08. The zero-order chi connectivity index (χ0) is 14.7. The third-order valence-electron chi connectivity index (χ3n) is 3.52. The van der Waals surface area contributed by atoms with Gasteiger partial charge >= 0.3 is 0 Å². The molecule has 0 spiro atoms. The molecule has 1 aromatic carbocycles. The highest BCUT2D eigenvalue weighted by atomic mass is 79.9. The van der Waals surface area contributed by atoms with Gasteiger partial charge in [0.05, 0.1) is 15.9 Å². The lowest BCUT2D eigenvalue weighted by Gasteiger charge is -2.16. The second kappa shape index (κ2) is 6.87. The second-order valence-corrected chi connectivity index (χ2v) is 6.56. The van der Waals surface area contributed by atoms with Crippen LogP contribution in [0.3, 0.4) is 0 Å². The van der Waals surface area contributed by atoms with Crippen molar-refractivity contribution in [3.63, 3.8) is 0 Å². The Morgan fingerprint density at radius 3 is 2.45 bits per heavy atom. The van der Waals surface area contributed by atoms with Crippen molar-refractivity contribution >= 4 is 31.9 Å². The summed E-state index contributed by atoms with van der Waals surface area (Å²) < 4.78 is 4.25. The van der Waals surface area contributed by atoms with E-state index in [0.717, 1.165) is 27.6 Å². The highest BCUT2D eigenvalue weighted by Gasteiger charge is 2.18. The van der Waals surface area contributed by atoms with Gasteiger partial charge in [-0.2, -0.15) is 5.10 Å². The van der Waals surface area contributed by atoms with Gasteiger partial charge in [0.1, 0.15) is 0 Å². The van der Waals surface area contributed by atoms with Gasteiger partial charge in [0.15, 0.2) is 0 Å². The molecule has 0 bridgehead atoms. The van der Waals surface area contributed by atoms with Crippen LogP contribution in [0.1, 0.15) is 29.8 Å². The van der Waals surface area contributed by atoms with Crippen molar-refractivity contribution in [1.29, 1.82) is 0 Å². The van der Waals surface area contributed by atoms with Gasteiger partial charge in [-0.25, -0.2) is 0 Å². The van der Waals surface area contributed by atoms with Crippen LogP contribution in [-0.4, -0.2) is 16.3 Å². The van der Waals surface area contributed by atoms with Crippen LogP contribution in [0.15, 0.2) is 33.2 Å². The van der Waals surface area contributed by atoms with Crippen LogP contribution in [0.2, 0.25) is 0 Å². The van der Waals surface area contributed by atoms with Crippen LogP contribution in [0.4, 0.5) is 0 Å². The number of benzene rings is 1. The summed E-state index contributed by atoms with van der Waals surface area (Å²) in [7, 11) is 0. The van der Waals surface area contributed by atoms with E-state index < -0.39 is 0 Å². The third-order valence-corrected chi connectivity index (χ3v) is 5.08. The van der Waals surface area contributed by atoms with Crippen LogP contribution in [-0.2, 0) is 13.0 Å². The number of halogens is 2. The molecule has 1 aromatic heterocycles. The summed E-state index contributed by atoms with van der Waals surface area (Å²) in [5, 5.41) is 4.55. The molecule has 3 nitrogen and oxygen atoms in total. The summed E-state index contributed by atoms with van der Waals surface area (Å²) in [6.45, 7) is 5.64. The lowest BCUT2D eigenvalue weighted by Crippen LogP contribution is -2.17. The van der Waals surface area contributed by atoms with Crippen LogP contribution >= 0.6 is 31.9 Å². The van der Waals surface area contributed by atoms with Crippen LogP contribution in [0.5, 0.6) is 0 Å². The number of nitrogens with two attached hydrogens (primary N) is 1. The van der Waals surface area contributed by atoms with Crippen LogP contribution in [0.25, 0.3) is 0 Å². The molecule has 20 heavy (non-hydrogen) atoms.